The van der Waals surface area contributed by atoms with Gasteiger partial charge in [-0.1, -0.05) is 36.1 Å². The summed E-state index contributed by atoms with van der Waals surface area (Å²) >= 11 is 6.14. The van der Waals surface area contributed by atoms with E-state index in [-0.39, 0.29) is 40.4 Å². The lowest BCUT2D eigenvalue weighted by Gasteiger charge is -2.14. The SMILES string of the molecule is C=CCN1C(=O)/C(=C/c2cccc(-c3cc(C(F)(F)F)cc(C(F)(F)F)c3)n2)SC1=S. The molecule has 1 aliphatic rings. The van der Waals surface area contributed by atoms with E-state index in [0.29, 0.717) is 16.5 Å². The van der Waals surface area contributed by atoms with Crippen LogP contribution in [-0.2, 0) is 17.1 Å². The van der Waals surface area contributed by atoms with E-state index in [2.05, 4.69) is 11.6 Å². The summed E-state index contributed by atoms with van der Waals surface area (Å²) in [4.78, 5) is 18.1. The van der Waals surface area contributed by atoms with Crippen LogP contribution in [0, 0.1) is 0 Å². The second-order valence-electron chi connectivity index (χ2n) is 6.32. The topological polar surface area (TPSA) is 33.2 Å². The fourth-order valence-electron chi connectivity index (χ4n) is 2.72. The first-order chi connectivity index (χ1) is 14.4. The highest BCUT2D eigenvalue weighted by Crippen LogP contribution is 2.38. The van der Waals surface area contributed by atoms with Gasteiger partial charge in [0.25, 0.3) is 5.91 Å². The Bertz CT molecular complexity index is 1060. The lowest BCUT2D eigenvalue weighted by molar-refractivity contribution is -0.143. The number of alkyl halides is 6. The van der Waals surface area contributed by atoms with Gasteiger partial charge in [0.1, 0.15) is 4.32 Å². The van der Waals surface area contributed by atoms with Crippen LogP contribution < -0.4 is 0 Å². The van der Waals surface area contributed by atoms with Crippen LogP contribution in [0.15, 0.2) is 54.0 Å². The van der Waals surface area contributed by atoms with Gasteiger partial charge in [0.05, 0.1) is 27.4 Å². The molecule has 3 nitrogen and oxygen atoms in total. The van der Waals surface area contributed by atoms with Gasteiger partial charge >= 0.3 is 12.4 Å². The predicted octanol–water partition coefficient (Wildman–Crippen LogP) is 6.17. The van der Waals surface area contributed by atoms with Gasteiger partial charge in [-0.05, 0) is 36.4 Å². The molecule has 1 aromatic carbocycles. The summed E-state index contributed by atoms with van der Waals surface area (Å²) in [7, 11) is 0. The number of carbonyl (C=O) groups excluding carboxylic acids is 1. The average molecular weight is 474 g/mol. The molecule has 1 aromatic heterocycles. The van der Waals surface area contributed by atoms with Crippen molar-refractivity contribution in [2.75, 3.05) is 6.54 Å². The van der Waals surface area contributed by atoms with Crippen LogP contribution >= 0.6 is 24.0 Å². The molecule has 0 spiro atoms. The molecule has 2 aromatic rings. The minimum atomic E-state index is -4.97. The van der Waals surface area contributed by atoms with E-state index in [1.54, 1.807) is 0 Å². The second kappa shape index (κ2) is 8.46. The smallest absolute Gasteiger partial charge is 0.289 e. The maximum Gasteiger partial charge on any atom is 0.416 e. The van der Waals surface area contributed by atoms with Gasteiger partial charge in [-0.3, -0.25) is 9.69 Å². The molecule has 162 valence electrons. The molecule has 1 amide bonds. The van der Waals surface area contributed by atoms with Crippen molar-refractivity contribution >= 4 is 40.3 Å². The molecule has 2 heterocycles. The quantitative estimate of drug-likeness (QED) is 0.230. The monoisotopic (exact) mass is 474 g/mol. The maximum absolute atomic E-state index is 13.1. The van der Waals surface area contributed by atoms with Crippen LogP contribution in [0.4, 0.5) is 26.3 Å². The van der Waals surface area contributed by atoms with Gasteiger partial charge in [0, 0.05) is 12.1 Å². The van der Waals surface area contributed by atoms with Gasteiger partial charge in [0.2, 0.25) is 0 Å². The number of thioether (sulfide) groups is 1. The highest BCUT2D eigenvalue weighted by atomic mass is 32.2. The molecule has 31 heavy (non-hydrogen) atoms. The van der Waals surface area contributed by atoms with Crippen molar-refractivity contribution in [1.82, 2.24) is 9.88 Å². The lowest BCUT2D eigenvalue weighted by atomic mass is 10.0. The van der Waals surface area contributed by atoms with Crippen LogP contribution in [0.5, 0.6) is 0 Å². The molecule has 0 saturated carbocycles. The van der Waals surface area contributed by atoms with E-state index >= 15 is 0 Å². The molecule has 1 fully saturated rings. The first-order valence-corrected chi connectivity index (χ1v) is 9.76. The zero-order valence-electron chi connectivity index (χ0n) is 15.4. The number of pyridine rings is 1. The summed E-state index contributed by atoms with van der Waals surface area (Å²) in [5.74, 6) is -0.388. The fraction of sp³-hybridized carbons (Fsp3) is 0.150. The Kier molecular flexibility index (Phi) is 6.28. The van der Waals surface area contributed by atoms with Gasteiger partial charge < -0.3 is 0 Å². The highest BCUT2D eigenvalue weighted by molar-refractivity contribution is 8.26. The third-order valence-electron chi connectivity index (χ3n) is 4.12. The number of thiocarbonyl (C=S) groups is 1. The summed E-state index contributed by atoms with van der Waals surface area (Å²) < 4.78 is 79.0. The molecule has 0 radical (unpaired) electrons. The van der Waals surface area contributed by atoms with Gasteiger partial charge in [-0.2, -0.15) is 26.3 Å². The number of benzene rings is 1. The molecule has 11 heteroatoms. The summed E-state index contributed by atoms with van der Waals surface area (Å²) in [6.45, 7) is 3.75. The van der Waals surface area contributed by atoms with Crippen molar-refractivity contribution in [3.8, 4) is 11.3 Å². The Morgan fingerprint density at radius 3 is 2.23 bits per heavy atom. The van der Waals surface area contributed by atoms with Crippen LogP contribution in [0.25, 0.3) is 17.3 Å². The number of rotatable bonds is 4. The minimum Gasteiger partial charge on any atom is -0.289 e. The fourth-order valence-corrected chi connectivity index (χ4v) is 3.98. The van der Waals surface area contributed by atoms with Crippen molar-refractivity contribution in [1.29, 1.82) is 0 Å². The molecule has 0 aliphatic carbocycles. The number of amides is 1. The Labute approximate surface area is 182 Å². The first kappa shape index (κ1) is 23.0. The standard InChI is InChI=1S/C20H12F6N2OS2/c1-2-6-28-17(29)16(31-18(28)30)10-14-4-3-5-15(27-14)11-7-12(19(21,22)23)9-13(8-11)20(24,25)26/h2-5,7-10H,1,6H2/b16-10-. The molecular weight excluding hydrogens is 462 g/mol. The van der Waals surface area contributed by atoms with Gasteiger partial charge in [-0.15, -0.1) is 6.58 Å². The summed E-state index contributed by atoms with van der Waals surface area (Å²) in [6.07, 6.45) is -7.05. The first-order valence-electron chi connectivity index (χ1n) is 8.53. The second-order valence-corrected chi connectivity index (χ2v) is 8.00. The number of nitrogens with zero attached hydrogens (tertiary/aromatic N) is 2. The molecule has 1 saturated heterocycles. The van der Waals surface area contributed by atoms with Crippen LogP contribution in [0.3, 0.4) is 0 Å². The van der Waals surface area contributed by atoms with Crippen LogP contribution in [-0.4, -0.2) is 26.7 Å². The zero-order chi connectivity index (χ0) is 23.0. The summed E-state index contributed by atoms with van der Waals surface area (Å²) in [6, 6.07) is 5.44. The summed E-state index contributed by atoms with van der Waals surface area (Å²) in [5.41, 5.74) is -3.14. The average Bonchev–Trinajstić information content (AvgIpc) is 2.94. The normalized spacial score (nSPS) is 16.3. The number of aromatic nitrogens is 1. The minimum absolute atomic E-state index is 0.0539. The Hall–Kier alpha value is -2.66. The summed E-state index contributed by atoms with van der Waals surface area (Å²) in [5, 5.41) is 0. The Morgan fingerprint density at radius 2 is 1.68 bits per heavy atom. The van der Waals surface area contributed by atoms with Crippen molar-refractivity contribution < 1.29 is 31.1 Å². The number of hydrogen-bond donors (Lipinski definition) is 0. The highest BCUT2D eigenvalue weighted by Gasteiger charge is 2.37. The third-order valence-corrected chi connectivity index (χ3v) is 5.50. The van der Waals surface area contributed by atoms with Crippen molar-refractivity contribution in [3.05, 3.63) is 70.8 Å². The van der Waals surface area contributed by atoms with E-state index in [4.69, 9.17) is 12.2 Å². The van der Waals surface area contributed by atoms with E-state index in [9.17, 15) is 31.1 Å². The molecule has 0 N–H and O–H groups in total. The molecular formula is C20H12F6N2OS2. The number of halogens is 6. The third kappa shape index (κ3) is 5.16. The van der Waals surface area contributed by atoms with Gasteiger partial charge in [0.15, 0.2) is 0 Å². The molecule has 0 atom stereocenters. The lowest BCUT2D eigenvalue weighted by Crippen LogP contribution is -2.27. The maximum atomic E-state index is 13.1. The molecule has 0 unspecified atom stereocenters. The van der Waals surface area contributed by atoms with Crippen LogP contribution in [0.2, 0.25) is 0 Å². The van der Waals surface area contributed by atoms with Crippen molar-refractivity contribution in [2.24, 2.45) is 0 Å². The largest absolute Gasteiger partial charge is 0.416 e. The Balaban J connectivity index is 2.03. The van der Waals surface area contributed by atoms with Crippen molar-refractivity contribution in [3.63, 3.8) is 0 Å². The predicted molar refractivity (Wildman–Crippen MR) is 110 cm³/mol. The molecule has 3 rings (SSSR count). The molecule has 1 aliphatic heterocycles. The van der Waals surface area contributed by atoms with Crippen molar-refractivity contribution in [2.45, 2.75) is 12.4 Å². The Morgan fingerprint density at radius 1 is 1.06 bits per heavy atom. The van der Waals surface area contributed by atoms with E-state index in [1.807, 2.05) is 0 Å². The van der Waals surface area contributed by atoms with Gasteiger partial charge in [-0.25, -0.2) is 4.98 Å². The van der Waals surface area contributed by atoms with Crippen LogP contribution in [0.1, 0.15) is 16.8 Å². The van der Waals surface area contributed by atoms with E-state index in [1.165, 1.54) is 35.3 Å². The van der Waals surface area contributed by atoms with E-state index < -0.39 is 23.5 Å². The zero-order valence-corrected chi connectivity index (χ0v) is 17.1. The molecule has 0 bridgehead atoms. The van der Waals surface area contributed by atoms with E-state index in [0.717, 1.165) is 11.8 Å². The number of carbonyl (C=O) groups is 1. The number of hydrogen-bond acceptors (Lipinski definition) is 4.